The molecule has 0 radical (unpaired) electrons. The maximum absolute atomic E-state index is 5.47. The Hall–Kier alpha value is -1.48. The Morgan fingerprint density at radius 1 is 1.23 bits per heavy atom. The Morgan fingerprint density at radius 3 is 2.62 bits per heavy atom. The molecule has 0 unspecified atom stereocenters. The van der Waals surface area contributed by atoms with E-state index in [0.717, 1.165) is 10.8 Å². The quantitative estimate of drug-likeness (QED) is 0.694. The third-order valence-electron chi connectivity index (χ3n) is 1.88. The third kappa shape index (κ3) is 1.51. The molecule has 0 bridgehead atoms. The number of hydrogen-bond donors (Lipinski definition) is 1. The first-order valence-corrected chi connectivity index (χ1v) is 4.33. The lowest BCUT2D eigenvalue weighted by molar-refractivity contribution is 1.32. The third-order valence-corrected chi connectivity index (χ3v) is 2.09. The van der Waals surface area contributed by atoms with Gasteiger partial charge >= 0.3 is 0 Å². The largest absolute Gasteiger partial charge is 0.388 e. The number of hydrogen-bond acceptors (Lipinski definition) is 2. The van der Waals surface area contributed by atoms with Crippen molar-refractivity contribution in [1.29, 1.82) is 0 Å². The van der Waals surface area contributed by atoms with Crippen LogP contribution in [0.15, 0.2) is 36.5 Å². The predicted molar refractivity (Wildman–Crippen MR) is 57.6 cm³/mol. The van der Waals surface area contributed by atoms with Gasteiger partial charge in [-0.05, 0) is 11.5 Å². The van der Waals surface area contributed by atoms with Crippen molar-refractivity contribution in [3.63, 3.8) is 0 Å². The van der Waals surface area contributed by atoms with Crippen LogP contribution in [0, 0.1) is 0 Å². The summed E-state index contributed by atoms with van der Waals surface area (Å²) in [5, 5.41) is 2.21. The fourth-order valence-electron chi connectivity index (χ4n) is 1.22. The first-order valence-electron chi connectivity index (χ1n) is 3.92. The molecule has 0 spiro atoms. The molecule has 1 aromatic heterocycles. The first-order chi connectivity index (χ1) is 6.27. The van der Waals surface area contributed by atoms with E-state index in [2.05, 4.69) is 4.98 Å². The summed E-state index contributed by atoms with van der Waals surface area (Å²) in [4.78, 5) is 4.48. The lowest BCUT2D eigenvalue weighted by atomic mass is 10.1. The van der Waals surface area contributed by atoms with Crippen molar-refractivity contribution in [3.05, 3.63) is 42.2 Å². The van der Waals surface area contributed by atoms with E-state index in [1.165, 1.54) is 0 Å². The molecule has 0 aliphatic heterocycles. The fourth-order valence-corrected chi connectivity index (χ4v) is 1.33. The SMILES string of the molecule is NC(=S)c1cc2ccccc2cn1. The van der Waals surface area contributed by atoms with Crippen molar-refractivity contribution in [2.45, 2.75) is 0 Å². The molecule has 2 rings (SSSR count). The van der Waals surface area contributed by atoms with Gasteiger partial charge in [0.15, 0.2) is 0 Å². The summed E-state index contributed by atoms with van der Waals surface area (Å²) in [6.45, 7) is 0. The van der Waals surface area contributed by atoms with Crippen molar-refractivity contribution in [2.24, 2.45) is 5.73 Å². The number of nitrogens with zero attached hydrogens (tertiary/aromatic N) is 1. The van der Waals surface area contributed by atoms with E-state index in [0.29, 0.717) is 10.7 Å². The van der Waals surface area contributed by atoms with Gasteiger partial charge in [-0.25, -0.2) is 0 Å². The smallest absolute Gasteiger partial charge is 0.122 e. The van der Waals surface area contributed by atoms with Crippen LogP contribution in [0.3, 0.4) is 0 Å². The van der Waals surface area contributed by atoms with Crippen LogP contribution in [0.25, 0.3) is 10.8 Å². The van der Waals surface area contributed by atoms with Crippen LogP contribution in [0.2, 0.25) is 0 Å². The van der Waals surface area contributed by atoms with Crippen molar-refractivity contribution >= 4 is 28.0 Å². The molecule has 2 aromatic rings. The van der Waals surface area contributed by atoms with Gasteiger partial charge in [0, 0.05) is 11.6 Å². The van der Waals surface area contributed by atoms with Gasteiger partial charge in [0.1, 0.15) is 4.99 Å². The second-order valence-corrected chi connectivity index (χ2v) is 3.22. The van der Waals surface area contributed by atoms with Crippen LogP contribution in [0.1, 0.15) is 5.69 Å². The molecule has 2 nitrogen and oxygen atoms in total. The highest BCUT2D eigenvalue weighted by atomic mass is 32.1. The summed E-state index contributed by atoms with van der Waals surface area (Å²) >= 11 is 4.84. The summed E-state index contributed by atoms with van der Waals surface area (Å²) in [7, 11) is 0. The van der Waals surface area contributed by atoms with Crippen LogP contribution in [0.4, 0.5) is 0 Å². The van der Waals surface area contributed by atoms with Gasteiger partial charge in [-0.1, -0.05) is 36.5 Å². The zero-order chi connectivity index (χ0) is 9.26. The number of thiocarbonyl (C=S) groups is 1. The van der Waals surface area contributed by atoms with Crippen LogP contribution in [0.5, 0.6) is 0 Å². The molecule has 0 saturated heterocycles. The molecule has 1 heterocycles. The molecular weight excluding hydrogens is 180 g/mol. The van der Waals surface area contributed by atoms with Crippen molar-refractivity contribution in [2.75, 3.05) is 0 Å². The minimum Gasteiger partial charge on any atom is -0.388 e. The van der Waals surface area contributed by atoms with E-state index in [9.17, 15) is 0 Å². The van der Waals surface area contributed by atoms with Crippen LogP contribution in [-0.4, -0.2) is 9.97 Å². The second kappa shape index (κ2) is 3.11. The summed E-state index contributed by atoms with van der Waals surface area (Å²) in [5.41, 5.74) is 6.15. The Bertz CT molecular complexity index is 465. The lowest BCUT2D eigenvalue weighted by Gasteiger charge is -1.99. The molecule has 0 aliphatic rings. The molecule has 13 heavy (non-hydrogen) atoms. The Balaban J connectivity index is 2.69. The van der Waals surface area contributed by atoms with Gasteiger partial charge in [0.25, 0.3) is 0 Å². The highest BCUT2D eigenvalue weighted by molar-refractivity contribution is 7.80. The normalized spacial score (nSPS) is 10.2. The average molecular weight is 188 g/mol. The van der Waals surface area contributed by atoms with Gasteiger partial charge in [0.05, 0.1) is 5.69 Å². The molecule has 0 saturated carbocycles. The molecular formula is C10H8N2S. The summed E-state index contributed by atoms with van der Waals surface area (Å²) in [5.74, 6) is 0. The molecule has 64 valence electrons. The van der Waals surface area contributed by atoms with Gasteiger partial charge < -0.3 is 5.73 Å². The summed E-state index contributed by atoms with van der Waals surface area (Å²) < 4.78 is 0. The second-order valence-electron chi connectivity index (χ2n) is 2.78. The molecule has 1 aromatic carbocycles. The van der Waals surface area contributed by atoms with E-state index in [1.54, 1.807) is 6.20 Å². The molecule has 3 heteroatoms. The van der Waals surface area contributed by atoms with E-state index in [4.69, 9.17) is 18.0 Å². The maximum Gasteiger partial charge on any atom is 0.122 e. The first kappa shape index (κ1) is 8.13. The number of pyridine rings is 1. The topological polar surface area (TPSA) is 38.9 Å². The lowest BCUT2D eigenvalue weighted by Crippen LogP contribution is -2.10. The van der Waals surface area contributed by atoms with Gasteiger partial charge in [-0.15, -0.1) is 0 Å². The monoisotopic (exact) mass is 188 g/mol. The van der Waals surface area contributed by atoms with E-state index < -0.39 is 0 Å². The van der Waals surface area contributed by atoms with Crippen LogP contribution in [-0.2, 0) is 0 Å². The zero-order valence-corrected chi connectivity index (χ0v) is 7.71. The summed E-state index contributed by atoms with van der Waals surface area (Å²) in [6.07, 6.45) is 1.78. The molecule has 2 N–H and O–H groups in total. The minimum atomic E-state index is 0.339. The molecule has 0 aliphatic carbocycles. The Morgan fingerprint density at radius 2 is 1.92 bits per heavy atom. The fraction of sp³-hybridized carbons (Fsp3) is 0. The number of nitrogens with two attached hydrogens (primary N) is 1. The Labute approximate surface area is 81.4 Å². The van der Waals surface area contributed by atoms with Crippen molar-refractivity contribution in [1.82, 2.24) is 4.98 Å². The van der Waals surface area contributed by atoms with Crippen molar-refractivity contribution < 1.29 is 0 Å². The number of fused-ring (bicyclic) bond motifs is 1. The van der Waals surface area contributed by atoms with E-state index in [-0.39, 0.29) is 0 Å². The van der Waals surface area contributed by atoms with Crippen LogP contribution >= 0.6 is 12.2 Å². The molecule has 0 atom stereocenters. The number of benzene rings is 1. The number of rotatable bonds is 1. The summed E-state index contributed by atoms with van der Waals surface area (Å²) in [6, 6.07) is 9.87. The zero-order valence-electron chi connectivity index (χ0n) is 6.90. The molecule has 0 amide bonds. The number of aromatic nitrogens is 1. The maximum atomic E-state index is 5.47. The van der Waals surface area contributed by atoms with Gasteiger partial charge in [-0.3, -0.25) is 4.98 Å². The Kier molecular flexibility index (Phi) is 1.94. The van der Waals surface area contributed by atoms with Gasteiger partial charge in [-0.2, -0.15) is 0 Å². The minimum absolute atomic E-state index is 0.339. The highest BCUT2D eigenvalue weighted by Crippen LogP contribution is 2.12. The van der Waals surface area contributed by atoms with Crippen molar-refractivity contribution in [3.8, 4) is 0 Å². The standard InChI is InChI=1S/C10H8N2S/c11-10(13)9-5-7-3-1-2-4-8(7)6-12-9/h1-6H,(H2,11,13). The van der Waals surface area contributed by atoms with Gasteiger partial charge in [0.2, 0.25) is 0 Å². The van der Waals surface area contributed by atoms with Crippen LogP contribution < -0.4 is 5.73 Å². The van der Waals surface area contributed by atoms with E-state index in [1.807, 2.05) is 30.3 Å². The van der Waals surface area contributed by atoms with E-state index >= 15 is 0 Å². The predicted octanol–water partition coefficient (Wildman–Crippen LogP) is 1.87. The average Bonchev–Trinajstić information content (AvgIpc) is 2.17. The highest BCUT2D eigenvalue weighted by Gasteiger charge is 1.98. The molecule has 0 fully saturated rings.